The molecule has 0 fully saturated rings. The molecule has 3 nitrogen and oxygen atoms in total. The fourth-order valence-electron chi connectivity index (χ4n) is 0.983. The third-order valence-corrected chi connectivity index (χ3v) is 2.50. The van der Waals surface area contributed by atoms with Crippen LogP contribution >= 0.6 is 15.9 Å². The van der Waals surface area contributed by atoms with Crippen molar-refractivity contribution in [3.63, 3.8) is 0 Å². The molecule has 0 heterocycles. The fraction of sp³-hybridized carbons (Fsp3) is 0.100. The zero-order valence-corrected chi connectivity index (χ0v) is 9.08. The van der Waals surface area contributed by atoms with Crippen LogP contribution in [0.4, 0.5) is 0 Å². The third-order valence-electron chi connectivity index (χ3n) is 1.67. The largest absolute Gasteiger partial charge is 0.503 e. The van der Waals surface area contributed by atoms with Crippen LogP contribution in [0.2, 0.25) is 0 Å². The highest BCUT2D eigenvalue weighted by atomic mass is 79.9. The van der Waals surface area contributed by atoms with Crippen molar-refractivity contribution in [3.05, 3.63) is 28.2 Å². The molecule has 0 aliphatic rings. The molecule has 0 saturated carbocycles. The molecule has 0 amide bonds. The molecule has 0 aliphatic heterocycles. The first-order valence-corrected chi connectivity index (χ1v) is 4.61. The number of allylic oxidation sites excluding steroid dienone is 1. The Morgan fingerprint density at radius 3 is 2.86 bits per heavy atom. The van der Waals surface area contributed by atoms with Crippen LogP contribution in [0, 0.1) is 11.3 Å². The molecule has 0 saturated heterocycles. The Kier molecular flexibility index (Phi) is 3.55. The smallest absolute Gasteiger partial charge is 0.172 e. The van der Waals surface area contributed by atoms with E-state index < -0.39 is 0 Å². The molecular weight excluding hydrogens is 246 g/mol. The Bertz CT molecular complexity index is 407. The van der Waals surface area contributed by atoms with Gasteiger partial charge in [0.2, 0.25) is 0 Å². The summed E-state index contributed by atoms with van der Waals surface area (Å²) >= 11 is 3.21. The van der Waals surface area contributed by atoms with E-state index >= 15 is 0 Å². The predicted molar refractivity (Wildman–Crippen MR) is 57.0 cm³/mol. The molecule has 1 aromatic carbocycles. The van der Waals surface area contributed by atoms with E-state index in [1.54, 1.807) is 18.2 Å². The summed E-state index contributed by atoms with van der Waals surface area (Å²) in [4.78, 5) is 0. The maximum Gasteiger partial charge on any atom is 0.172 e. The molecule has 0 aliphatic carbocycles. The van der Waals surface area contributed by atoms with Gasteiger partial charge in [-0.2, -0.15) is 5.26 Å². The molecule has 0 atom stereocenters. The lowest BCUT2D eigenvalue weighted by atomic mass is 10.2. The van der Waals surface area contributed by atoms with Gasteiger partial charge < -0.3 is 9.84 Å². The van der Waals surface area contributed by atoms with Gasteiger partial charge in [0.1, 0.15) is 0 Å². The summed E-state index contributed by atoms with van der Waals surface area (Å²) in [6.07, 6.45) is 2.94. The topological polar surface area (TPSA) is 53.2 Å². The number of hydrogen-bond acceptors (Lipinski definition) is 3. The Hall–Kier alpha value is -1.47. The highest BCUT2D eigenvalue weighted by Gasteiger charge is 2.08. The first kappa shape index (κ1) is 10.6. The summed E-state index contributed by atoms with van der Waals surface area (Å²) in [5.41, 5.74) is 0.727. The number of phenols is 1. The number of rotatable bonds is 2. The highest BCUT2D eigenvalue weighted by molar-refractivity contribution is 9.10. The van der Waals surface area contributed by atoms with Gasteiger partial charge in [-0.1, -0.05) is 0 Å². The number of halogens is 1. The van der Waals surface area contributed by atoms with Gasteiger partial charge in [-0.3, -0.25) is 0 Å². The molecule has 1 aromatic rings. The SMILES string of the molecule is COc1ccc(C=CC#N)c(Br)c1O. The molecule has 4 heteroatoms. The number of benzene rings is 1. The lowest BCUT2D eigenvalue weighted by Crippen LogP contribution is -1.85. The molecule has 0 radical (unpaired) electrons. The standard InChI is InChI=1S/C10H8BrNO2/c1-14-8-5-4-7(3-2-6-12)9(11)10(8)13/h2-5,13H,1H3. The summed E-state index contributed by atoms with van der Waals surface area (Å²) in [5.74, 6) is 0.429. The van der Waals surface area contributed by atoms with Crippen molar-refractivity contribution in [2.45, 2.75) is 0 Å². The second-order valence-electron chi connectivity index (χ2n) is 2.48. The normalized spacial score (nSPS) is 10.1. The number of aromatic hydroxyl groups is 1. The Labute approximate surface area is 90.4 Å². The Morgan fingerprint density at radius 2 is 2.29 bits per heavy atom. The zero-order chi connectivity index (χ0) is 10.6. The van der Waals surface area contributed by atoms with Crippen LogP contribution in [0.5, 0.6) is 11.5 Å². The average Bonchev–Trinajstić information content (AvgIpc) is 2.20. The van der Waals surface area contributed by atoms with Crippen LogP contribution in [0.3, 0.4) is 0 Å². The molecule has 0 unspecified atom stereocenters. The number of hydrogen-bond donors (Lipinski definition) is 1. The van der Waals surface area contributed by atoms with Gasteiger partial charge in [0.25, 0.3) is 0 Å². The minimum absolute atomic E-state index is 0.0348. The molecule has 0 bridgehead atoms. The van der Waals surface area contributed by atoms with Gasteiger partial charge in [-0.05, 0) is 39.7 Å². The Morgan fingerprint density at radius 1 is 1.57 bits per heavy atom. The van der Waals surface area contributed by atoms with E-state index in [-0.39, 0.29) is 5.75 Å². The fourth-order valence-corrected chi connectivity index (χ4v) is 1.44. The van der Waals surface area contributed by atoms with Crippen LogP contribution in [0.25, 0.3) is 6.08 Å². The van der Waals surface area contributed by atoms with Crippen molar-refractivity contribution in [3.8, 4) is 17.6 Å². The molecule has 0 aromatic heterocycles. The summed E-state index contributed by atoms with van der Waals surface area (Å²) in [6, 6.07) is 5.26. The lowest BCUT2D eigenvalue weighted by Gasteiger charge is -2.06. The minimum atomic E-state index is 0.0348. The van der Waals surface area contributed by atoms with Gasteiger partial charge in [0, 0.05) is 6.08 Å². The number of methoxy groups -OCH3 is 1. The van der Waals surface area contributed by atoms with Gasteiger partial charge in [-0.15, -0.1) is 0 Å². The van der Waals surface area contributed by atoms with Crippen molar-refractivity contribution in [1.82, 2.24) is 0 Å². The van der Waals surface area contributed by atoms with Crippen molar-refractivity contribution in [2.24, 2.45) is 0 Å². The average molecular weight is 254 g/mol. The van der Waals surface area contributed by atoms with E-state index in [2.05, 4.69) is 15.9 Å². The van der Waals surface area contributed by atoms with E-state index in [9.17, 15) is 5.11 Å². The quantitative estimate of drug-likeness (QED) is 0.825. The van der Waals surface area contributed by atoms with E-state index in [1.807, 2.05) is 6.07 Å². The van der Waals surface area contributed by atoms with E-state index in [0.29, 0.717) is 10.2 Å². The van der Waals surface area contributed by atoms with Crippen LogP contribution < -0.4 is 4.74 Å². The lowest BCUT2D eigenvalue weighted by molar-refractivity contribution is 0.372. The van der Waals surface area contributed by atoms with Crippen LogP contribution in [0.15, 0.2) is 22.7 Å². The van der Waals surface area contributed by atoms with E-state index in [0.717, 1.165) is 5.56 Å². The number of phenolic OH excluding ortho intramolecular Hbond substituents is 1. The van der Waals surface area contributed by atoms with Crippen LogP contribution in [-0.4, -0.2) is 12.2 Å². The molecule has 1 rings (SSSR count). The summed E-state index contributed by atoms with van der Waals surface area (Å²) in [6.45, 7) is 0. The maximum atomic E-state index is 9.59. The molecular formula is C10H8BrNO2. The summed E-state index contributed by atoms with van der Waals surface area (Å²) in [7, 11) is 1.48. The van der Waals surface area contributed by atoms with Gasteiger partial charge >= 0.3 is 0 Å². The van der Waals surface area contributed by atoms with E-state index in [1.165, 1.54) is 13.2 Å². The van der Waals surface area contributed by atoms with E-state index in [4.69, 9.17) is 10.00 Å². The van der Waals surface area contributed by atoms with Crippen LogP contribution in [0.1, 0.15) is 5.56 Å². The van der Waals surface area contributed by atoms with Crippen molar-refractivity contribution < 1.29 is 9.84 Å². The summed E-state index contributed by atoms with van der Waals surface area (Å²) < 4.78 is 5.43. The molecule has 72 valence electrons. The third kappa shape index (κ3) is 2.06. The highest BCUT2D eigenvalue weighted by Crippen LogP contribution is 2.36. The zero-order valence-electron chi connectivity index (χ0n) is 7.49. The maximum absolute atomic E-state index is 9.59. The van der Waals surface area contributed by atoms with Crippen molar-refractivity contribution >= 4 is 22.0 Å². The first-order valence-electron chi connectivity index (χ1n) is 3.82. The molecule has 0 spiro atoms. The second-order valence-corrected chi connectivity index (χ2v) is 3.28. The van der Waals surface area contributed by atoms with Gasteiger partial charge in [0.05, 0.1) is 17.7 Å². The Balaban J connectivity index is 3.18. The van der Waals surface area contributed by atoms with Crippen molar-refractivity contribution in [1.29, 1.82) is 5.26 Å². The first-order chi connectivity index (χ1) is 6.70. The monoisotopic (exact) mass is 253 g/mol. The minimum Gasteiger partial charge on any atom is -0.503 e. The van der Waals surface area contributed by atoms with Crippen LogP contribution in [-0.2, 0) is 0 Å². The predicted octanol–water partition coefficient (Wildman–Crippen LogP) is 2.70. The van der Waals surface area contributed by atoms with Gasteiger partial charge in [-0.25, -0.2) is 0 Å². The number of ether oxygens (including phenoxy) is 1. The van der Waals surface area contributed by atoms with Crippen molar-refractivity contribution in [2.75, 3.05) is 7.11 Å². The number of nitrogens with zero attached hydrogens (tertiary/aromatic N) is 1. The second kappa shape index (κ2) is 4.68. The molecule has 14 heavy (non-hydrogen) atoms. The van der Waals surface area contributed by atoms with Gasteiger partial charge in [0.15, 0.2) is 11.5 Å². The molecule has 1 N–H and O–H groups in total. The number of nitriles is 1. The summed E-state index contributed by atoms with van der Waals surface area (Å²) in [5, 5.41) is 17.9.